The van der Waals surface area contributed by atoms with E-state index in [-0.39, 0.29) is 24.2 Å². The summed E-state index contributed by atoms with van der Waals surface area (Å²) < 4.78 is 66.3. The van der Waals surface area contributed by atoms with Crippen LogP contribution in [0.4, 0.5) is 28.9 Å². The molecule has 0 aliphatic heterocycles. The topological polar surface area (TPSA) is 58.2 Å². The second-order valence-corrected chi connectivity index (χ2v) is 18.3. The molecule has 0 bridgehead atoms. The molecular formula is C34H38F4N2O2Ti. The molecule has 2 N–H and O–H groups in total. The number of hydrogen-bond donors (Lipinski definition) is 2. The third-order valence-electron chi connectivity index (χ3n) is 8.93. The van der Waals surface area contributed by atoms with Gasteiger partial charge in [0.25, 0.3) is 0 Å². The van der Waals surface area contributed by atoms with E-state index in [0.29, 0.717) is 20.6 Å². The third kappa shape index (κ3) is 5.84. The van der Waals surface area contributed by atoms with E-state index in [9.17, 15) is 9.59 Å². The first-order chi connectivity index (χ1) is 20.2. The van der Waals surface area contributed by atoms with Gasteiger partial charge in [-0.25, -0.2) is 0 Å². The van der Waals surface area contributed by atoms with Crippen LogP contribution < -0.4 is 18.4 Å². The van der Waals surface area contributed by atoms with Gasteiger partial charge >= 0.3 is 255 Å². The molecule has 0 aromatic heterocycles. The minimum atomic E-state index is -5.13. The van der Waals surface area contributed by atoms with Gasteiger partial charge < -0.3 is 0 Å². The van der Waals surface area contributed by atoms with E-state index in [2.05, 4.69) is 10.6 Å². The standard InChI is InChI=1S/2C12H14F2NO.2C5H5.Ti/c2*1-4-12(2,3)11(16)15-10-6-5-8(13)7-9(10)14;2*1-2-4-5-3-1;/h2*5-6H,4H2,1-3H3,(H,15,16);2*1-3H,4H2;. The second-order valence-electron chi connectivity index (χ2n) is 12.3. The molecule has 0 radical (unpaired) electrons. The normalized spacial score (nSPS) is 15.0. The maximum atomic E-state index is 16.8. The Kier molecular flexibility index (Phi) is 9.43. The summed E-state index contributed by atoms with van der Waals surface area (Å²) in [5.74, 6) is -4.94. The van der Waals surface area contributed by atoms with Crippen LogP contribution in [-0.2, 0) is 26.2 Å². The number of carbonyl (C=O) groups excluding carboxylic acids is 2. The summed E-state index contributed by atoms with van der Waals surface area (Å²) in [6, 6.07) is 4.38. The molecule has 9 heteroatoms. The average Bonchev–Trinajstić information content (AvgIpc) is 3.70. The van der Waals surface area contributed by atoms with Crippen molar-refractivity contribution in [2.24, 2.45) is 10.8 Å². The molecule has 0 saturated carbocycles. The molecule has 0 saturated heterocycles. The summed E-state index contributed by atoms with van der Waals surface area (Å²) in [7, 11) is 0. The predicted molar refractivity (Wildman–Crippen MR) is 161 cm³/mol. The summed E-state index contributed by atoms with van der Waals surface area (Å²) in [4.78, 5) is 26.1. The number of nitrogens with one attached hydrogen (secondary N) is 2. The van der Waals surface area contributed by atoms with Gasteiger partial charge in [-0.2, -0.15) is 0 Å². The van der Waals surface area contributed by atoms with Crippen molar-refractivity contribution in [2.45, 2.75) is 67.2 Å². The second kappa shape index (κ2) is 12.4. The summed E-state index contributed by atoms with van der Waals surface area (Å²) in [5, 5.41) is 5.20. The fourth-order valence-corrected chi connectivity index (χ4v) is 13.6. The van der Waals surface area contributed by atoms with E-state index in [4.69, 9.17) is 0 Å². The van der Waals surface area contributed by atoms with Crippen LogP contribution in [0.1, 0.15) is 67.2 Å². The number of rotatable bonds is 10. The van der Waals surface area contributed by atoms with Crippen LogP contribution in [-0.4, -0.2) is 11.8 Å². The quantitative estimate of drug-likeness (QED) is 0.208. The molecule has 2 aliphatic carbocycles. The van der Waals surface area contributed by atoms with Crippen molar-refractivity contribution in [3.05, 3.63) is 91.7 Å². The van der Waals surface area contributed by atoms with Crippen LogP contribution in [0.2, 0.25) is 0 Å². The predicted octanol–water partition coefficient (Wildman–Crippen LogP) is 7.78. The summed E-state index contributed by atoms with van der Waals surface area (Å²) in [6.07, 6.45) is 11.8. The van der Waals surface area contributed by atoms with Gasteiger partial charge in [-0.3, -0.25) is 0 Å². The van der Waals surface area contributed by atoms with Crippen LogP contribution in [0.25, 0.3) is 0 Å². The molecule has 4 rings (SSSR count). The zero-order valence-corrected chi connectivity index (χ0v) is 27.0. The molecule has 2 aliphatic rings. The van der Waals surface area contributed by atoms with E-state index in [1.165, 1.54) is 0 Å². The van der Waals surface area contributed by atoms with E-state index in [1.54, 1.807) is 64.2 Å². The van der Waals surface area contributed by atoms with E-state index < -0.39 is 70.2 Å². The molecular weight excluding hydrogens is 592 g/mol. The van der Waals surface area contributed by atoms with Crippen molar-refractivity contribution in [1.29, 1.82) is 0 Å². The Hall–Kier alpha value is -3.23. The Morgan fingerprint density at radius 2 is 1.07 bits per heavy atom. The van der Waals surface area contributed by atoms with Crippen molar-refractivity contribution in [2.75, 3.05) is 10.6 Å². The summed E-state index contributed by atoms with van der Waals surface area (Å²) >= 11 is -5.13. The van der Waals surface area contributed by atoms with E-state index in [0.717, 1.165) is 24.3 Å². The van der Waals surface area contributed by atoms with Crippen molar-refractivity contribution in [1.82, 2.24) is 0 Å². The Morgan fingerprint density at radius 1 is 0.698 bits per heavy atom. The maximum absolute atomic E-state index is 16.8. The van der Waals surface area contributed by atoms with Gasteiger partial charge in [-0.05, 0) is 0 Å². The fraction of sp³-hybridized carbons (Fsp3) is 0.353. The van der Waals surface area contributed by atoms with Gasteiger partial charge in [0, 0.05) is 0 Å². The number of benzene rings is 2. The summed E-state index contributed by atoms with van der Waals surface area (Å²) in [5.41, 5.74) is -2.20. The average molecular weight is 631 g/mol. The number of hydrogen-bond acceptors (Lipinski definition) is 2. The van der Waals surface area contributed by atoms with Crippen molar-refractivity contribution in [3.8, 4) is 0 Å². The van der Waals surface area contributed by atoms with Gasteiger partial charge in [0.05, 0.1) is 0 Å². The molecule has 0 unspecified atom stereocenters. The SMILES string of the molecule is CCC(C)(C)C(=O)Nc1ccc(F)[c]([Ti]([C]2=CC=CC2)([C]2=CC=CC2)[c]2c(F)ccc(NC(=O)C(C)(C)CC)c2F)c1F. The molecule has 0 fully saturated rings. The zero-order chi connectivity index (χ0) is 31.7. The van der Waals surface area contributed by atoms with Gasteiger partial charge in [0.2, 0.25) is 0 Å². The molecule has 2 aromatic rings. The Morgan fingerprint density at radius 3 is 1.37 bits per heavy atom. The zero-order valence-electron chi connectivity index (χ0n) is 25.4. The van der Waals surface area contributed by atoms with Crippen LogP contribution in [0.15, 0.2) is 68.5 Å². The van der Waals surface area contributed by atoms with Gasteiger partial charge in [-0.15, -0.1) is 0 Å². The number of halogens is 4. The molecule has 228 valence electrons. The van der Waals surface area contributed by atoms with Crippen molar-refractivity contribution < 1.29 is 43.7 Å². The Labute approximate surface area is 254 Å². The van der Waals surface area contributed by atoms with Gasteiger partial charge in [0.15, 0.2) is 0 Å². The molecule has 43 heavy (non-hydrogen) atoms. The number of carbonyl (C=O) groups is 2. The van der Waals surface area contributed by atoms with Crippen LogP contribution in [0.3, 0.4) is 0 Å². The van der Waals surface area contributed by atoms with Crippen molar-refractivity contribution >= 4 is 30.9 Å². The Balaban J connectivity index is 2.06. The van der Waals surface area contributed by atoms with Crippen LogP contribution in [0.5, 0.6) is 0 Å². The number of anilines is 2. The van der Waals surface area contributed by atoms with Crippen molar-refractivity contribution in [3.63, 3.8) is 0 Å². The molecule has 2 amide bonds. The monoisotopic (exact) mass is 630 g/mol. The molecule has 0 heterocycles. The number of amides is 2. The van der Waals surface area contributed by atoms with Gasteiger partial charge in [0.1, 0.15) is 0 Å². The molecule has 4 nitrogen and oxygen atoms in total. The van der Waals surface area contributed by atoms with Crippen LogP contribution in [0, 0.1) is 34.1 Å². The fourth-order valence-electron chi connectivity index (χ4n) is 5.31. The molecule has 2 aromatic carbocycles. The molecule has 0 spiro atoms. The Bertz CT molecular complexity index is 1470. The molecule has 0 atom stereocenters. The van der Waals surface area contributed by atoms with E-state index in [1.807, 2.05) is 13.8 Å². The third-order valence-corrected chi connectivity index (χ3v) is 16.9. The van der Waals surface area contributed by atoms with Gasteiger partial charge in [-0.1, -0.05) is 0 Å². The first-order valence-corrected chi connectivity index (χ1v) is 17.7. The first-order valence-electron chi connectivity index (χ1n) is 14.5. The first kappa shape index (κ1) is 32.7. The summed E-state index contributed by atoms with van der Waals surface area (Å²) in [6.45, 7) is 10.5. The van der Waals surface area contributed by atoms with E-state index >= 15 is 17.6 Å². The van der Waals surface area contributed by atoms with Crippen LogP contribution >= 0.6 is 0 Å². The number of allylic oxidation sites excluding steroid dienone is 8. The minimum absolute atomic E-state index is 0.244.